The van der Waals surface area contributed by atoms with Crippen molar-refractivity contribution in [2.24, 2.45) is 0 Å². The first kappa shape index (κ1) is 11.8. The van der Waals surface area contributed by atoms with Crippen LogP contribution in [0, 0.1) is 0 Å². The lowest BCUT2D eigenvalue weighted by atomic mass is 10.2. The molecule has 1 aromatic rings. The molecule has 1 aromatic carbocycles. The molecule has 0 unspecified atom stereocenters. The summed E-state index contributed by atoms with van der Waals surface area (Å²) < 4.78 is 4.86. The van der Waals surface area contributed by atoms with Crippen molar-refractivity contribution in [1.29, 1.82) is 0 Å². The molecule has 3 N–H and O–H groups in total. The number of benzene rings is 1. The van der Waals surface area contributed by atoms with Gasteiger partial charge >= 0.3 is 5.97 Å². The summed E-state index contributed by atoms with van der Waals surface area (Å²) in [5.74, 6) is -0.467. The van der Waals surface area contributed by atoms with Gasteiger partial charge in [0.2, 0.25) is 0 Å². The lowest BCUT2D eigenvalue weighted by molar-refractivity contribution is 0.0482. The Morgan fingerprint density at radius 3 is 2.87 bits per heavy atom. The molecule has 0 aliphatic carbocycles. The van der Waals surface area contributed by atoms with Gasteiger partial charge in [0.25, 0.3) is 0 Å². The van der Waals surface area contributed by atoms with Gasteiger partial charge in [0.05, 0.1) is 22.9 Å². The topological polar surface area (TPSA) is 72.6 Å². The fourth-order valence-corrected chi connectivity index (χ4v) is 1.15. The normalized spacial score (nSPS) is 10.0. The first-order valence-corrected chi connectivity index (χ1v) is 4.86. The SMILES string of the molecule is Nc1ccc(C(=O)OCCCO)cc1Cl. The number of hydrogen-bond acceptors (Lipinski definition) is 4. The molecule has 0 atom stereocenters. The Morgan fingerprint density at radius 1 is 1.53 bits per heavy atom. The van der Waals surface area contributed by atoms with Crippen LogP contribution < -0.4 is 5.73 Å². The van der Waals surface area contributed by atoms with E-state index in [-0.39, 0.29) is 13.2 Å². The first-order valence-electron chi connectivity index (χ1n) is 4.48. The standard InChI is InChI=1S/C10H12ClNO3/c11-8-6-7(2-3-9(8)12)10(14)15-5-1-4-13/h2-3,6,13H,1,4-5,12H2. The summed E-state index contributed by atoms with van der Waals surface area (Å²) in [5.41, 5.74) is 6.27. The van der Waals surface area contributed by atoms with E-state index in [1.165, 1.54) is 6.07 Å². The van der Waals surface area contributed by atoms with Gasteiger partial charge in [-0.2, -0.15) is 0 Å². The van der Waals surface area contributed by atoms with E-state index < -0.39 is 5.97 Å². The van der Waals surface area contributed by atoms with Crippen molar-refractivity contribution < 1.29 is 14.6 Å². The minimum atomic E-state index is -0.467. The molecule has 0 spiro atoms. The van der Waals surface area contributed by atoms with Crippen LogP contribution in [-0.2, 0) is 4.74 Å². The third-order valence-electron chi connectivity index (χ3n) is 1.77. The number of nitrogens with two attached hydrogens (primary N) is 1. The summed E-state index contributed by atoms with van der Waals surface area (Å²) in [7, 11) is 0. The summed E-state index contributed by atoms with van der Waals surface area (Å²) >= 11 is 5.75. The molecule has 1 rings (SSSR count). The molecule has 0 saturated carbocycles. The van der Waals surface area contributed by atoms with Gasteiger partial charge in [-0.3, -0.25) is 0 Å². The number of hydrogen-bond donors (Lipinski definition) is 2. The van der Waals surface area contributed by atoms with Gasteiger partial charge in [-0.05, 0) is 18.2 Å². The van der Waals surface area contributed by atoms with E-state index in [0.29, 0.717) is 22.7 Å². The molecule has 82 valence electrons. The quantitative estimate of drug-likeness (QED) is 0.466. The van der Waals surface area contributed by atoms with Crippen LogP contribution in [0.1, 0.15) is 16.8 Å². The molecular weight excluding hydrogens is 218 g/mol. The third kappa shape index (κ3) is 3.42. The zero-order valence-electron chi connectivity index (χ0n) is 8.07. The van der Waals surface area contributed by atoms with Crippen molar-refractivity contribution >= 4 is 23.3 Å². The van der Waals surface area contributed by atoms with Crippen LogP contribution in [0.15, 0.2) is 18.2 Å². The highest BCUT2D eigenvalue weighted by molar-refractivity contribution is 6.33. The molecule has 0 radical (unpaired) electrons. The Morgan fingerprint density at radius 2 is 2.27 bits per heavy atom. The number of halogens is 1. The van der Waals surface area contributed by atoms with Crippen molar-refractivity contribution in [2.45, 2.75) is 6.42 Å². The lowest BCUT2D eigenvalue weighted by Crippen LogP contribution is -2.07. The molecule has 0 heterocycles. The summed E-state index contributed by atoms with van der Waals surface area (Å²) in [6, 6.07) is 4.55. The van der Waals surface area contributed by atoms with Gasteiger partial charge < -0.3 is 15.6 Å². The summed E-state index contributed by atoms with van der Waals surface area (Å²) in [6.45, 7) is 0.188. The number of aliphatic hydroxyl groups excluding tert-OH is 1. The number of carbonyl (C=O) groups excluding carboxylic acids is 1. The van der Waals surface area contributed by atoms with Crippen LogP contribution in [0.4, 0.5) is 5.69 Å². The average Bonchev–Trinajstić information content (AvgIpc) is 2.22. The van der Waals surface area contributed by atoms with E-state index in [2.05, 4.69) is 0 Å². The fraction of sp³-hybridized carbons (Fsp3) is 0.300. The molecule has 0 amide bonds. The Hall–Kier alpha value is -1.26. The number of ether oxygens (including phenoxy) is 1. The molecule has 15 heavy (non-hydrogen) atoms. The van der Waals surface area contributed by atoms with E-state index in [4.69, 9.17) is 27.2 Å². The zero-order valence-corrected chi connectivity index (χ0v) is 8.83. The van der Waals surface area contributed by atoms with E-state index in [1.807, 2.05) is 0 Å². The highest BCUT2D eigenvalue weighted by Gasteiger charge is 2.08. The van der Waals surface area contributed by atoms with E-state index in [1.54, 1.807) is 12.1 Å². The van der Waals surface area contributed by atoms with Crippen LogP contribution in [0.3, 0.4) is 0 Å². The second kappa shape index (κ2) is 5.58. The lowest BCUT2D eigenvalue weighted by Gasteiger charge is -2.04. The van der Waals surface area contributed by atoms with Gasteiger partial charge in [0.15, 0.2) is 0 Å². The molecule has 0 bridgehead atoms. The van der Waals surface area contributed by atoms with Crippen LogP contribution in [0.2, 0.25) is 5.02 Å². The number of nitrogen functional groups attached to an aromatic ring is 1. The van der Waals surface area contributed by atoms with E-state index >= 15 is 0 Å². The van der Waals surface area contributed by atoms with Crippen LogP contribution >= 0.6 is 11.6 Å². The molecule has 0 aromatic heterocycles. The number of aliphatic hydroxyl groups is 1. The molecule has 5 heteroatoms. The van der Waals surface area contributed by atoms with Crippen LogP contribution in [0.5, 0.6) is 0 Å². The number of rotatable bonds is 4. The van der Waals surface area contributed by atoms with Crippen molar-refractivity contribution in [3.8, 4) is 0 Å². The molecule has 0 aliphatic rings. The highest BCUT2D eigenvalue weighted by atomic mass is 35.5. The number of anilines is 1. The van der Waals surface area contributed by atoms with Gasteiger partial charge in [-0.15, -0.1) is 0 Å². The Labute approximate surface area is 92.6 Å². The predicted octanol–water partition coefficient (Wildman–Crippen LogP) is 1.46. The largest absolute Gasteiger partial charge is 0.462 e. The third-order valence-corrected chi connectivity index (χ3v) is 2.10. The smallest absolute Gasteiger partial charge is 0.338 e. The minimum absolute atomic E-state index is 0.00419. The maximum absolute atomic E-state index is 11.4. The van der Waals surface area contributed by atoms with Crippen molar-refractivity contribution in [3.63, 3.8) is 0 Å². The van der Waals surface area contributed by atoms with Crippen LogP contribution in [-0.4, -0.2) is 24.3 Å². The monoisotopic (exact) mass is 229 g/mol. The molecular formula is C10H12ClNO3. The van der Waals surface area contributed by atoms with Crippen molar-refractivity contribution in [2.75, 3.05) is 18.9 Å². The number of carbonyl (C=O) groups is 1. The van der Waals surface area contributed by atoms with Crippen molar-refractivity contribution in [3.05, 3.63) is 28.8 Å². The molecule has 0 saturated heterocycles. The summed E-state index contributed by atoms with van der Waals surface area (Å²) in [5, 5.41) is 8.83. The molecule has 0 aliphatic heterocycles. The summed E-state index contributed by atoms with van der Waals surface area (Å²) in [6.07, 6.45) is 0.425. The second-order valence-electron chi connectivity index (χ2n) is 2.95. The molecule has 0 fully saturated rings. The van der Waals surface area contributed by atoms with Gasteiger partial charge in [0, 0.05) is 13.0 Å². The average molecular weight is 230 g/mol. The highest BCUT2D eigenvalue weighted by Crippen LogP contribution is 2.20. The van der Waals surface area contributed by atoms with E-state index in [9.17, 15) is 4.79 Å². The predicted molar refractivity (Wildman–Crippen MR) is 57.8 cm³/mol. The minimum Gasteiger partial charge on any atom is -0.462 e. The van der Waals surface area contributed by atoms with Crippen LogP contribution in [0.25, 0.3) is 0 Å². The Kier molecular flexibility index (Phi) is 4.39. The van der Waals surface area contributed by atoms with Gasteiger partial charge in [0.1, 0.15) is 0 Å². The number of esters is 1. The van der Waals surface area contributed by atoms with Crippen molar-refractivity contribution in [1.82, 2.24) is 0 Å². The Bertz CT molecular complexity index is 355. The first-order chi connectivity index (χ1) is 7.15. The van der Waals surface area contributed by atoms with Gasteiger partial charge in [-0.1, -0.05) is 11.6 Å². The maximum Gasteiger partial charge on any atom is 0.338 e. The van der Waals surface area contributed by atoms with Gasteiger partial charge in [-0.25, -0.2) is 4.79 Å². The summed E-state index contributed by atoms with van der Waals surface area (Å²) in [4.78, 5) is 11.4. The van der Waals surface area contributed by atoms with E-state index in [0.717, 1.165) is 0 Å². The fourth-order valence-electron chi connectivity index (χ4n) is 0.967. The molecule has 4 nitrogen and oxygen atoms in total. The zero-order chi connectivity index (χ0) is 11.3. The maximum atomic E-state index is 11.4. The Balaban J connectivity index is 2.62. The second-order valence-corrected chi connectivity index (χ2v) is 3.36.